The maximum absolute atomic E-state index is 12.1. The van der Waals surface area contributed by atoms with Crippen LogP contribution < -0.4 is 15.7 Å². The lowest BCUT2D eigenvalue weighted by atomic mass is 9.95. The number of aldehydes is 1. The Hall–Kier alpha value is -2.06. The highest BCUT2D eigenvalue weighted by Gasteiger charge is 2.34. The van der Waals surface area contributed by atoms with Gasteiger partial charge in [-0.15, -0.1) is 0 Å². The minimum absolute atomic E-state index is 0.859. The average molecular weight is 365 g/mol. The van der Waals surface area contributed by atoms with E-state index < -0.39 is 11.7 Å². The van der Waals surface area contributed by atoms with Crippen LogP contribution in [-0.4, -0.2) is 6.29 Å². The molecule has 3 aromatic carbocycles. The molecule has 0 radical (unpaired) electrons. The Kier molecular flexibility index (Phi) is 5.29. The van der Waals surface area contributed by atoms with Crippen LogP contribution in [0.4, 0.5) is 0 Å². The van der Waals surface area contributed by atoms with Crippen LogP contribution in [0.1, 0.15) is 12.5 Å². The Labute approximate surface area is 154 Å². The molecule has 0 aliphatic heterocycles. The van der Waals surface area contributed by atoms with Crippen molar-refractivity contribution in [3.63, 3.8) is 0 Å². The second-order valence-electron chi connectivity index (χ2n) is 6.08. The van der Waals surface area contributed by atoms with Gasteiger partial charge in [0.05, 0.1) is 6.19 Å². The maximum atomic E-state index is 12.1. The summed E-state index contributed by atoms with van der Waals surface area (Å²) in [6.45, 7) is 1.89. The molecule has 0 bridgehead atoms. The van der Waals surface area contributed by atoms with Gasteiger partial charge in [-0.25, -0.2) is 0 Å². The van der Waals surface area contributed by atoms with Crippen molar-refractivity contribution in [2.45, 2.75) is 12.5 Å². The molecule has 1 atom stereocenters. The first kappa shape index (κ1) is 17.8. The van der Waals surface area contributed by atoms with Crippen molar-refractivity contribution in [3.8, 4) is 0 Å². The van der Waals surface area contributed by atoms with E-state index in [4.69, 9.17) is 11.8 Å². The summed E-state index contributed by atoms with van der Waals surface area (Å²) >= 11 is 6.19. The van der Waals surface area contributed by atoms with Gasteiger partial charge in [0, 0.05) is 10.6 Å². The normalized spacial score (nSPS) is 13.8. The van der Waals surface area contributed by atoms with Crippen molar-refractivity contribution in [2.75, 3.05) is 0 Å². The van der Waals surface area contributed by atoms with E-state index >= 15 is 0 Å². The van der Waals surface area contributed by atoms with E-state index in [1.165, 1.54) is 0 Å². The Bertz CT molecular complexity index is 840. The fourth-order valence-electron chi connectivity index (χ4n) is 2.82. The molecule has 3 rings (SSSR count). The van der Waals surface area contributed by atoms with E-state index in [9.17, 15) is 4.79 Å². The van der Waals surface area contributed by atoms with Crippen LogP contribution >= 0.6 is 6.19 Å². The second-order valence-corrected chi connectivity index (χ2v) is 10.2. The van der Waals surface area contributed by atoms with Crippen LogP contribution in [0.2, 0.25) is 0 Å². The zero-order chi connectivity index (χ0) is 17.8. The van der Waals surface area contributed by atoms with Gasteiger partial charge in [0.2, 0.25) is 0 Å². The molecule has 0 spiro atoms. The zero-order valence-electron chi connectivity index (χ0n) is 14.0. The molecule has 0 saturated heterocycles. The first-order chi connectivity index (χ1) is 12.1. The van der Waals surface area contributed by atoms with Crippen molar-refractivity contribution >= 4 is 34.9 Å². The molecule has 0 heterocycles. The van der Waals surface area contributed by atoms with Crippen LogP contribution in [0.25, 0.3) is 0 Å². The summed E-state index contributed by atoms with van der Waals surface area (Å²) in [4.78, 5) is 12.1. The predicted molar refractivity (Wildman–Crippen MR) is 109 cm³/mol. The number of nitrogens with one attached hydrogen (secondary N) is 1. The number of carbonyl (C=O) groups excluding carboxylic acids is 1. The van der Waals surface area contributed by atoms with Gasteiger partial charge in [0.25, 0.3) is 0 Å². The number of carbonyl (C=O) groups is 1. The molecule has 0 unspecified atom stereocenters. The van der Waals surface area contributed by atoms with Crippen molar-refractivity contribution in [1.29, 1.82) is 0 Å². The van der Waals surface area contributed by atoms with E-state index in [2.05, 4.69) is 5.09 Å². The summed E-state index contributed by atoms with van der Waals surface area (Å²) < 4.78 is 0. The van der Waals surface area contributed by atoms with Crippen molar-refractivity contribution in [2.24, 2.45) is 0 Å². The largest absolute Gasteiger partial charge is 0.301 e. The van der Waals surface area contributed by atoms with Gasteiger partial charge in [-0.2, -0.15) is 0 Å². The quantitative estimate of drug-likeness (QED) is 0.533. The third-order valence-corrected chi connectivity index (χ3v) is 8.61. The number of rotatable bonds is 6. The van der Waals surface area contributed by atoms with Crippen LogP contribution in [0.5, 0.6) is 0 Å². The van der Waals surface area contributed by atoms with Gasteiger partial charge in [-0.05, 0) is 12.5 Å². The lowest BCUT2D eigenvalue weighted by Gasteiger charge is -2.34. The molecule has 0 aliphatic rings. The summed E-state index contributed by atoms with van der Waals surface area (Å²) in [6, 6.07) is 29.8. The fraction of sp³-hybridized carbons (Fsp3) is 0.0952. The van der Waals surface area contributed by atoms with Crippen LogP contribution in [0.15, 0.2) is 91.0 Å². The molecule has 0 fully saturated rings. The average Bonchev–Trinajstić information content (AvgIpc) is 2.70. The van der Waals surface area contributed by atoms with E-state index in [1.54, 1.807) is 0 Å². The molecular formula is C21H20NOPS. The van der Waals surface area contributed by atoms with E-state index in [1.807, 2.05) is 97.9 Å². The van der Waals surface area contributed by atoms with Gasteiger partial charge in [-0.3, -0.25) is 5.09 Å². The van der Waals surface area contributed by atoms with Crippen LogP contribution in [0.3, 0.4) is 0 Å². The standard InChI is InChI=1S/C21H20NOPS/c1-21(17-23,18-11-5-2-6-12-18)22-24(25,19-13-7-3-8-14-19)20-15-9-4-10-16-20/h2-17H,1H3,(H,22,25)/t21-/m1/s1. The highest BCUT2D eigenvalue weighted by Crippen LogP contribution is 2.43. The summed E-state index contributed by atoms with van der Waals surface area (Å²) in [5, 5.41) is 5.65. The van der Waals surface area contributed by atoms with Crippen LogP contribution in [0, 0.1) is 0 Å². The molecule has 0 amide bonds. The summed E-state index contributed by atoms with van der Waals surface area (Å²) in [5.74, 6) is 0. The summed E-state index contributed by atoms with van der Waals surface area (Å²) in [5.41, 5.74) is 0.0498. The fourth-order valence-corrected chi connectivity index (χ4v) is 6.70. The number of hydrogen-bond donors (Lipinski definition) is 1. The third kappa shape index (κ3) is 3.64. The zero-order valence-corrected chi connectivity index (χ0v) is 15.7. The SMILES string of the molecule is C[C@](C=O)(NP(=S)(c1ccccc1)c1ccccc1)c1ccccc1. The Morgan fingerprint density at radius 1 is 0.800 bits per heavy atom. The van der Waals surface area contributed by atoms with Crippen molar-refractivity contribution in [3.05, 3.63) is 96.6 Å². The molecule has 2 nitrogen and oxygen atoms in total. The van der Waals surface area contributed by atoms with E-state index in [0.717, 1.165) is 22.5 Å². The minimum Gasteiger partial charge on any atom is -0.301 e. The van der Waals surface area contributed by atoms with Crippen molar-refractivity contribution in [1.82, 2.24) is 5.09 Å². The van der Waals surface area contributed by atoms with Gasteiger partial charge in [0.15, 0.2) is 0 Å². The van der Waals surface area contributed by atoms with Gasteiger partial charge in [-0.1, -0.05) is 103 Å². The lowest BCUT2D eigenvalue weighted by Crippen LogP contribution is -2.43. The van der Waals surface area contributed by atoms with Crippen molar-refractivity contribution < 1.29 is 4.79 Å². The Morgan fingerprint density at radius 2 is 1.20 bits per heavy atom. The third-order valence-electron chi connectivity index (χ3n) is 4.24. The van der Waals surface area contributed by atoms with Crippen LogP contribution in [-0.2, 0) is 22.1 Å². The monoisotopic (exact) mass is 365 g/mol. The topological polar surface area (TPSA) is 29.1 Å². The summed E-state index contributed by atoms with van der Waals surface area (Å²) in [7, 11) is 0. The number of benzene rings is 3. The molecule has 25 heavy (non-hydrogen) atoms. The molecule has 4 heteroatoms. The van der Waals surface area contributed by atoms with E-state index in [-0.39, 0.29) is 0 Å². The Morgan fingerprint density at radius 3 is 1.60 bits per heavy atom. The number of hydrogen-bond acceptors (Lipinski definition) is 2. The maximum Gasteiger partial charge on any atom is 0.144 e. The molecule has 0 saturated carbocycles. The predicted octanol–water partition coefficient (Wildman–Crippen LogP) is 3.74. The smallest absolute Gasteiger partial charge is 0.144 e. The second kappa shape index (κ2) is 7.45. The van der Waals surface area contributed by atoms with Gasteiger partial charge in [0.1, 0.15) is 11.8 Å². The molecule has 126 valence electrons. The van der Waals surface area contributed by atoms with Gasteiger partial charge < -0.3 is 4.79 Å². The molecule has 0 aliphatic carbocycles. The molecule has 0 aromatic heterocycles. The molecular weight excluding hydrogens is 345 g/mol. The highest BCUT2D eigenvalue weighted by atomic mass is 32.4. The highest BCUT2D eigenvalue weighted by molar-refractivity contribution is 8.21. The minimum atomic E-state index is -2.38. The summed E-state index contributed by atoms with van der Waals surface area (Å²) in [6.07, 6.45) is -1.42. The van der Waals surface area contributed by atoms with Gasteiger partial charge >= 0.3 is 0 Å². The molecule has 1 N–H and O–H groups in total. The lowest BCUT2D eigenvalue weighted by molar-refractivity contribution is -0.112. The Balaban J connectivity index is 2.13. The first-order valence-corrected chi connectivity index (χ1v) is 10.9. The molecule has 3 aromatic rings. The first-order valence-electron chi connectivity index (χ1n) is 8.11. The van der Waals surface area contributed by atoms with E-state index in [0.29, 0.717) is 0 Å².